The number of urea groups is 1. The van der Waals surface area contributed by atoms with Crippen molar-refractivity contribution in [1.29, 1.82) is 0 Å². The van der Waals surface area contributed by atoms with Gasteiger partial charge in [-0.05, 0) is 52.7 Å². The molecule has 1 saturated heterocycles. The minimum absolute atomic E-state index is 0.148. The number of carbonyl (C=O) groups excluding carboxylic acids is 3. The molecular weight excluding hydrogens is 390 g/mol. The Kier molecular flexibility index (Phi) is 4.75. The Morgan fingerprint density at radius 3 is 2.56 bits per heavy atom. The van der Waals surface area contributed by atoms with Crippen LogP contribution in [0.3, 0.4) is 0 Å². The molecule has 2 aromatic rings. The van der Waals surface area contributed by atoms with Crippen molar-refractivity contribution in [2.24, 2.45) is 0 Å². The molecule has 3 rings (SSSR count). The highest BCUT2D eigenvalue weighted by molar-refractivity contribution is 9.10. The van der Waals surface area contributed by atoms with E-state index >= 15 is 0 Å². The fraction of sp³-hybridized carbons (Fsp3) is 0.188. The van der Waals surface area contributed by atoms with Crippen molar-refractivity contribution < 1.29 is 14.4 Å². The summed E-state index contributed by atoms with van der Waals surface area (Å²) >= 11 is 3.23. The van der Waals surface area contributed by atoms with Gasteiger partial charge in [0.15, 0.2) is 0 Å². The van der Waals surface area contributed by atoms with Crippen molar-refractivity contribution in [1.82, 2.24) is 21.2 Å². The third-order valence-corrected chi connectivity index (χ3v) is 4.25. The van der Waals surface area contributed by atoms with E-state index in [1.807, 2.05) is 6.92 Å². The summed E-state index contributed by atoms with van der Waals surface area (Å²) in [5, 5.41) is 2.74. The summed E-state index contributed by atoms with van der Waals surface area (Å²) in [5.74, 6) is -0.902. The number of carbonyl (C=O) groups is 3. The summed E-state index contributed by atoms with van der Waals surface area (Å²) < 4.78 is 0.737. The quantitative estimate of drug-likeness (QED) is 0.583. The summed E-state index contributed by atoms with van der Waals surface area (Å²) in [6.07, 6.45) is 1.62. The molecule has 0 saturated carbocycles. The van der Waals surface area contributed by atoms with Crippen LogP contribution in [-0.2, 0) is 0 Å². The molecule has 25 heavy (non-hydrogen) atoms. The zero-order valence-electron chi connectivity index (χ0n) is 13.4. The van der Waals surface area contributed by atoms with E-state index in [-0.39, 0.29) is 6.03 Å². The maximum Gasteiger partial charge on any atom is 0.322 e. The average molecular weight is 406 g/mol. The predicted molar refractivity (Wildman–Crippen MR) is 95.3 cm³/mol. The average Bonchev–Trinajstić information content (AvgIpc) is 3.20. The number of aromatic amines is 1. The van der Waals surface area contributed by atoms with Crippen LogP contribution in [0.5, 0.6) is 0 Å². The van der Waals surface area contributed by atoms with Gasteiger partial charge in [-0.25, -0.2) is 4.79 Å². The van der Waals surface area contributed by atoms with Crippen molar-refractivity contribution in [3.05, 3.63) is 51.8 Å². The van der Waals surface area contributed by atoms with Crippen LogP contribution in [0, 0.1) is 6.92 Å². The zero-order valence-corrected chi connectivity index (χ0v) is 14.9. The first-order chi connectivity index (χ1) is 12.0. The number of aryl methyl sites for hydroxylation is 1. The summed E-state index contributed by atoms with van der Waals surface area (Å²) in [4.78, 5) is 40.2. The van der Waals surface area contributed by atoms with E-state index in [1.54, 1.807) is 35.4 Å². The van der Waals surface area contributed by atoms with E-state index in [4.69, 9.17) is 0 Å². The first-order valence-electron chi connectivity index (χ1n) is 7.56. The van der Waals surface area contributed by atoms with Gasteiger partial charge in [0, 0.05) is 35.0 Å². The summed E-state index contributed by atoms with van der Waals surface area (Å²) in [7, 11) is 0. The largest absolute Gasteiger partial charge is 0.356 e. The monoisotopic (exact) mass is 405 g/mol. The van der Waals surface area contributed by atoms with Gasteiger partial charge in [-0.2, -0.15) is 0 Å². The van der Waals surface area contributed by atoms with Gasteiger partial charge < -0.3 is 10.3 Å². The molecule has 8 nitrogen and oxygen atoms in total. The van der Waals surface area contributed by atoms with E-state index < -0.39 is 11.8 Å². The van der Waals surface area contributed by atoms with Crippen LogP contribution in [0.1, 0.15) is 26.4 Å². The van der Waals surface area contributed by atoms with E-state index in [9.17, 15) is 14.4 Å². The number of H-pyrrole nitrogens is 1. The van der Waals surface area contributed by atoms with Crippen molar-refractivity contribution >= 4 is 39.5 Å². The molecule has 1 fully saturated rings. The molecule has 130 valence electrons. The number of anilines is 1. The van der Waals surface area contributed by atoms with E-state index in [2.05, 4.69) is 37.1 Å². The van der Waals surface area contributed by atoms with Gasteiger partial charge in [-0.3, -0.25) is 25.3 Å². The molecule has 9 heteroatoms. The summed E-state index contributed by atoms with van der Waals surface area (Å²) in [6, 6.07) is 6.46. The molecule has 4 N–H and O–H groups in total. The molecule has 2 heterocycles. The SMILES string of the molecule is Cc1cc(C(=O)NNC(=O)c2cc(Br)c[nH]2)ccc1N1CCNC1=O. The number of rotatable bonds is 3. The van der Waals surface area contributed by atoms with Crippen LogP contribution in [0.4, 0.5) is 10.5 Å². The Hall–Kier alpha value is -2.81. The fourth-order valence-corrected chi connectivity index (χ4v) is 2.90. The van der Waals surface area contributed by atoms with E-state index in [0.717, 1.165) is 15.7 Å². The van der Waals surface area contributed by atoms with Gasteiger partial charge in [0.05, 0.1) is 0 Å². The van der Waals surface area contributed by atoms with Crippen LogP contribution < -0.4 is 21.1 Å². The normalized spacial score (nSPS) is 13.5. The maximum atomic E-state index is 12.2. The number of nitrogens with zero attached hydrogens (tertiary/aromatic N) is 1. The number of nitrogens with one attached hydrogen (secondary N) is 4. The lowest BCUT2D eigenvalue weighted by molar-refractivity contribution is 0.0844. The molecule has 1 aliphatic heterocycles. The second-order valence-electron chi connectivity index (χ2n) is 5.52. The van der Waals surface area contributed by atoms with Crippen LogP contribution >= 0.6 is 15.9 Å². The Labute approximate surface area is 152 Å². The molecule has 0 unspecified atom stereocenters. The second-order valence-corrected chi connectivity index (χ2v) is 6.44. The number of aromatic nitrogens is 1. The first kappa shape index (κ1) is 17.0. The number of amides is 4. The highest BCUT2D eigenvalue weighted by Gasteiger charge is 2.23. The second kappa shape index (κ2) is 6.98. The topological polar surface area (TPSA) is 106 Å². The van der Waals surface area contributed by atoms with Gasteiger partial charge in [0.1, 0.15) is 5.69 Å². The summed E-state index contributed by atoms with van der Waals surface area (Å²) in [5.41, 5.74) is 6.96. The minimum Gasteiger partial charge on any atom is -0.356 e. The molecule has 0 aliphatic carbocycles. The Morgan fingerprint density at radius 1 is 1.20 bits per heavy atom. The highest BCUT2D eigenvalue weighted by Crippen LogP contribution is 2.22. The van der Waals surface area contributed by atoms with Crippen LogP contribution in [-0.4, -0.2) is 35.9 Å². The number of benzene rings is 1. The fourth-order valence-electron chi connectivity index (χ4n) is 2.55. The van der Waals surface area contributed by atoms with E-state index in [1.165, 1.54) is 0 Å². The van der Waals surface area contributed by atoms with Gasteiger partial charge in [0.25, 0.3) is 11.8 Å². The molecule has 0 spiro atoms. The Balaban J connectivity index is 1.65. The number of hydrazine groups is 1. The lowest BCUT2D eigenvalue weighted by Gasteiger charge is -2.17. The molecule has 1 aliphatic rings. The van der Waals surface area contributed by atoms with Crippen molar-refractivity contribution in [3.8, 4) is 0 Å². The Morgan fingerprint density at radius 2 is 1.96 bits per heavy atom. The first-order valence-corrected chi connectivity index (χ1v) is 8.35. The third-order valence-electron chi connectivity index (χ3n) is 3.79. The lowest BCUT2D eigenvalue weighted by atomic mass is 10.1. The molecule has 0 bridgehead atoms. The van der Waals surface area contributed by atoms with Gasteiger partial charge >= 0.3 is 6.03 Å². The van der Waals surface area contributed by atoms with Crippen LogP contribution in [0.25, 0.3) is 0 Å². The van der Waals surface area contributed by atoms with Crippen LogP contribution in [0.15, 0.2) is 34.9 Å². The summed E-state index contributed by atoms with van der Waals surface area (Å²) in [6.45, 7) is 3.02. The van der Waals surface area contributed by atoms with Crippen molar-refractivity contribution in [2.75, 3.05) is 18.0 Å². The highest BCUT2D eigenvalue weighted by atomic mass is 79.9. The molecule has 1 aromatic heterocycles. The van der Waals surface area contributed by atoms with Gasteiger partial charge in [0.2, 0.25) is 0 Å². The maximum absolute atomic E-state index is 12.2. The standard InChI is InChI=1S/C16H16BrN5O3/c1-9-6-10(2-3-13(9)22-5-4-18-16(22)25)14(23)20-21-15(24)12-7-11(17)8-19-12/h2-3,6-8,19H,4-5H2,1H3,(H,18,25)(H,20,23)(H,21,24). The number of halogens is 1. The lowest BCUT2D eigenvalue weighted by Crippen LogP contribution is -2.41. The Bertz CT molecular complexity index is 848. The predicted octanol–water partition coefficient (Wildman–Crippen LogP) is 1.69. The third kappa shape index (κ3) is 3.66. The number of hydrogen-bond acceptors (Lipinski definition) is 3. The molecule has 0 atom stereocenters. The zero-order chi connectivity index (χ0) is 18.0. The van der Waals surface area contributed by atoms with Crippen molar-refractivity contribution in [3.63, 3.8) is 0 Å². The molecular formula is C16H16BrN5O3. The van der Waals surface area contributed by atoms with Gasteiger partial charge in [-0.1, -0.05) is 0 Å². The molecule has 0 radical (unpaired) electrons. The number of hydrogen-bond donors (Lipinski definition) is 4. The van der Waals surface area contributed by atoms with E-state index in [0.29, 0.717) is 24.3 Å². The smallest absolute Gasteiger partial charge is 0.322 e. The van der Waals surface area contributed by atoms with Crippen LogP contribution in [0.2, 0.25) is 0 Å². The minimum atomic E-state index is -0.457. The van der Waals surface area contributed by atoms with Gasteiger partial charge in [-0.15, -0.1) is 0 Å². The molecule has 1 aromatic carbocycles. The van der Waals surface area contributed by atoms with Crippen molar-refractivity contribution in [2.45, 2.75) is 6.92 Å². The molecule has 4 amide bonds.